The number of methoxy groups -OCH3 is 1. The summed E-state index contributed by atoms with van der Waals surface area (Å²) < 4.78 is 5.03. The van der Waals surface area contributed by atoms with Crippen LogP contribution in [0.3, 0.4) is 0 Å². The van der Waals surface area contributed by atoms with Gasteiger partial charge in [0.15, 0.2) is 11.5 Å². The highest BCUT2D eigenvalue weighted by molar-refractivity contribution is 9.10. The first-order valence-corrected chi connectivity index (χ1v) is 4.61. The Kier molecular flexibility index (Phi) is 3.35. The summed E-state index contributed by atoms with van der Waals surface area (Å²) in [5, 5.41) is 18.3. The van der Waals surface area contributed by atoms with Crippen molar-refractivity contribution in [2.45, 2.75) is 6.42 Å². The molecule has 0 atom stereocenters. The molecule has 1 aromatic carbocycles. The van der Waals surface area contributed by atoms with Crippen molar-refractivity contribution >= 4 is 21.9 Å². The monoisotopic (exact) mass is 260 g/mol. The van der Waals surface area contributed by atoms with Gasteiger partial charge in [-0.1, -0.05) is 15.9 Å². The van der Waals surface area contributed by atoms with Crippen molar-refractivity contribution in [1.29, 1.82) is 0 Å². The van der Waals surface area contributed by atoms with E-state index in [0.717, 1.165) is 0 Å². The molecule has 0 saturated heterocycles. The molecule has 5 heteroatoms. The summed E-state index contributed by atoms with van der Waals surface area (Å²) in [6.07, 6.45) is 0.0466. The van der Waals surface area contributed by atoms with Crippen LogP contribution in [0.4, 0.5) is 0 Å². The number of rotatable bonds is 2. The molecule has 1 aromatic rings. The van der Waals surface area contributed by atoms with Crippen molar-refractivity contribution < 1.29 is 19.7 Å². The van der Waals surface area contributed by atoms with Crippen LogP contribution in [-0.4, -0.2) is 23.3 Å². The summed E-state index contributed by atoms with van der Waals surface area (Å²) in [5.41, 5.74) is 0.562. The standard InChI is InChI=1S/C9H9BrO4/c1-14-9(13)3-5-2-7(11)8(12)4-6(5)10/h2,4,11-12H,3H2,1H3. The number of carbonyl (C=O) groups excluding carboxylic acids is 1. The lowest BCUT2D eigenvalue weighted by Crippen LogP contribution is -2.04. The average molecular weight is 261 g/mol. The van der Waals surface area contributed by atoms with E-state index in [1.807, 2.05) is 0 Å². The zero-order valence-electron chi connectivity index (χ0n) is 7.45. The molecule has 0 saturated carbocycles. The number of phenolic OH excluding ortho intramolecular Hbond substituents is 2. The second-order valence-electron chi connectivity index (χ2n) is 2.69. The molecule has 0 unspecified atom stereocenters. The SMILES string of the molecule is COC(=O)Cc1cc(O)c(O)cc1Br. The van der Waals surface area contributed by atoms with Crippen molar-refractivity contribution in [2.75, 3.05) is 7.11 Å². The number of aromatic hydroxyl groups is 2. The van der Waals surface area contributed by atoms with E-state index in [4.69, 9.17) is 5.11 Å². The van der Waals surface area contributed by atoms with Crippen molar-refractivity contribution in [2.24, 2.45) is 0 Å². The first-order valence-electron chi connectivity index (χ1n) is 3.81. The van der Waals surface area contributed by atoms with Crippen LogP contribution in [0.25, 0.3) is 0 Å². The van der Waals surface area contributed by atoms with E-state index in [-0.39, 0.29) is 17.9 Å². The average Bonchev–Trinajstić information content (AvgIpc) is 2.14. The Bertz CT molecular complexity index is 362. The lowest BCUT2D eigenvalue weighted by atomic mass is 10.1. The molecular formula is C9H9BrO4. The Morgan fingerprint density at radius 2 is 2.00 bits per heavy atom. The van der Waals surface area contributed by atoms with Gasteiger partial charge in [0.05, 0.1) is 13.5 Å². The zero-order valence-corrected chi connectivity index (χ0v) is 9.04. The summed E-state index contributed by atoms with van der Waals surface area (Å²) >= 11 is 3.16. The third-order valence-corrected chi connectivity index (χ3v) is 2.44. The fourth-order valence-electron chi connectivity index (χ4n) is 0.958. The van der Waals surface area contributed by atoms with Gasteiger partial charge in [-0.25, -0.2) is 0 Å². The molecule has 1 rings (SSSR count). The number of hydrogen-bond donors (Lipinski definition) is 2. The molecule has 4 nitrogen and oxygen atoms in total. The molecule has 0 bridgehead atoms. The third kappa shape index (κ3) is 2.38. The van der Waals surface area contributed by atoms with Gasteiger partial charge >= 0.3 is 5.97 Å². The van der Waals surface area contributed by atoms with Gasteiger partial charge in [0.1, 0.15) is 0 Å². The Hall–Kier alpha value is -1.23. The molecule has 0 heterocycles. The van der Waals surface area contributed by atoms with Gasteiger partial charge in [0.2, 0.25) is 0 Å². The second kappa shape index (κ2) is 4.32. The maximum Gasteiger partial charge on any atom is 0.310 e. The van der Waals surface area contributed by atoms with Crippen LogP contribution in [0, 0.1) is 0 Å². The maximum absolute atomic E-state index is 10.9. The van der Waals surface area contributed by atoms with Gasteiger partial charge < -0.3 is 14.9 Å². The van der Waals surface area contributed by atoms with Gasteiger partial charge in [0, 0.05) is 4.47 Å². The number of esters is 1. The molecule has 0 aromatic heterocycles. The van der Waals surface area contributed by atoms with E-state index in [1.165, 1.54) is 19.2 Å². The van der Waals surface area contributed by atoms with E-state index in [0.29, 0.717) is 10.0 Å². The fraction of sp³-hybridized carbons (Fsp3) is 0.222. The lowest BCUT2D eigenvalue weighted by Gasteiger charge is -2.05. The number of hydrogen-bond acceptors (Lipinski definition) is 4. The molecule has 76 valence electrons. The van der Waals surface area contributed by atoms with Crippen LogP contribution >= 0.6 is 15.9 Å². The number of phenols is 2. The van der Waals surface area contributed by atoms with Crippen LogP contribution < -0.4 is 0 Å². The number of benzene rings is 1. The van der Waals surface area contributed by atoms with Gasteiger partial charge in [-0.05, 0) is 17.7 Å². The first kappa shape index (κ1) is 10.8. The Balaban J connectivity index is 2.98. The Labute approximate surface area is 89.3 Å². The molecular weight excluding hydrogens is 252 g/mol. The quantitative estimate of drug-likeness (QED) is 0.626. The highest BCUT2D eigenvalue weighted by atomic mass is 79.9. The predicted molar refractivity (Wildman–Crippen MR) is 53.2 cm³/mol. The first-order chi connectivity index (χ1) is 6.54. The number of carbonyl (C=O) groups is 1. The van der Waals surface area contributed by atoms with Crippen LogP contribution in [0.5, 0.6) is 11.5 Å². The van der Waals surface area contributed by atoms with Gasteiger partial charge in [-0.3, -0.25) is 4.79 Å². The zero-order chi connectivity index (χ0) is 10.7. The maximum atomic E-state index is 10.9. The number of ether oxygens (including phenoxy) is 1. The van der Waals surface area contributed by atoms with Crippen LogP contribution in [0.2, 0.25) is 0 Å². The molecule has 0 aliphatic heterocycles. The summed E-state index contributed by atoms with van der Waals surface area (Å²) in [7, 11) is 1.29. The normalized spacial score (nSPS) is 9.86. The van der Waals surface area contributed by atoms with E-state index >= 15 is 0 Å². The molecule has 0 radical (unpaired) electrons. The van der Waals surface area contributed by atoms with E-state index in [1.54, 1.807) is 0 Å². The van der Waals surface area contributed by atoms with E-state index in [2.05, 4.69) is 20.7 Å². The summed E-state index contributed by atoms with van der Waals surface area (Å²) in [5.74, 6) is -0.895. The van der Waals surface area contributed by atoms with Gasteiger partial charge in [-0.15, -0.1) is 0 Å². The topological polar surface area (TPSA) is 66.8 Å². The molecule has 0 aliphatic rings. The lowest BCUT2D eigenvalue weighted by molar-refractivity contribution is -0.139. The summed E-state index contributed by atoms with van der Waals surface area (Å²) in [6.45, 7) is 0. The minimum Gasteiger partial charge on any atom is -0.504 e. The molecule has 14 heavy (non-hydrogen) atoms. The number of halogens is 1. The van der Waals surface area contributed by atoms with E-state index in [9.17, 15) is 9.90 Å². The van der Waals surface area contributed by atoms with Crippen molar-refractivity contribution in [3.05, 3.63) is 22.2 Å². The van der Waals surface area contributed by atoms with Crippen molar-refractivity contribution in [3.8, 4) is 11.5 Å². The second-order valence-corrected chi connectivity index (χ2v) is 3.54. The van der Waals surface area contributed by atoms with Crippen LogP contribution in [-0.2, 0) is 16.0 Å². The molecule has 0 aliphatic carbocycles. The molecule has 0 amide bonds. The molecule has 0 fully saturated rings. The third-order valence-electron chi connectivity index (χ3n) is 1.71. The molecule has 0 spiro atoms. The van der Waals surface area contributed by atoms with Crippen molar-refractivity contribution in [1.82, 2.24) is 0 Å². The minimum absolute atomic E-state index is 0.0466. The highest BCUT2D eigenvalue weighted by Crippen LogP contribution is 2.31. The fourth-order valence-corrected chi connectivity index (χ4v) is 1.43. The van der Waals surface area contributed by atoms with Gasteiger partial charge in [0.25, 0.3) is 0 Å². The van der Waals surface area contributed by atoms with Gasteiger partial charge in [-0.2, -0.15) is 0 Å². The Morgan fingerprint density at radius 1 is 1.43 bits per heavy atom. The summed E-state index contributed by atoms with van der Waals surface area (Å²) in [6, 6.07) is 2.64. The predicted octanol–water partition coefficient (Wildman–Crippen LogP) is 1.58. The highest BCUT2D eigenvalue weighted by Gasteiger charge is 2.10. The largest absolute Gasteiger partial charge is 0.504 e. The Morgan fingerprint density at radius 3 is 2.57 bits per heavy atom. The van der Waals surface area contributed by atoms with Crippen LogP contribution in [0.15, 0.2) is 16.6 Å². The minimum atomic E-state index is -0.407. The summed E-state index contributed by atoms with van der Waals surface area (Å²) in [4.78, 5) is 10.9. The van der Waals surface area contributed by atoms with Crippen molar-refractivity contribution in [3.63, 3.8) is 0 Å². The smallest absolute Gasteiger partial charge is 0.310 e. The molecule has 2 N–H and O–H groups in total. The van der Waals surface area contributed by atoms with Crippen LogP contribution in [0.1, 0.15) is 5.56 Å². The van der Waals surface area contributed by atoms with E-state index < -0.39 is 5.97 Å².